The van der Waals surface area contributed by atoms with Crippen LogP contribution in [0.4, 0.5) is 0 Å². The molecule has 0 saturated carbocycles. The van der Waals surface area contributed by atoms with E-state index in [-0.39, 0.29) is 23.6 Å². The first-order chi connectivity index (χ1) is 11.0. The lowest BCUT2D eigenvalue weighted by Gasteiger charge is -2.23. The maximum atomic E-state index is 12.5. The van der Waals surface area contributed by atoms with Crippen LogP contribution in [0.3, 0.4) is 0 Å². The first-order valence-electron chi connectivity index (χ1n) is 7.53. The van der Waals surface area contributed by atoms with Gasteiger partial charge in [-0.15, -0.1) is 0 Å². The summed E-state index contributed by atoms with van der Waals surface area (Å²) < 4.78 is 5.06. The topological polar surface area (TPSA) is 84.2 Å². The van der Waals surface area contributed by atoms with E-state index < -0.39 is 11.9 Å². The Morgan fingerprint density at radius 2 is 1.78 bits per heavy atom. The zero-order chi connectivity index (χ0) is 16.8. The number of amides is 2. The average Bonchev–Trinajstić information content (AvgIpc) is 3.07. The molecular formula is C17H21N3O3. The molecule has 6 nitrogen and oxygen atoms in total. The average molecular weight is 315 g/mol. The smallest absolute Gasteiger partial charge is 0.287 e. The molecule has 23 heavy (non-hydrogen) atoms. The van der Waals surface area contributed by atoms with Gasteiger partial charge in [-0.3, -0.25) is 14.6 Å². The van der Waals surface area contributed by atoms with E-state index in [1.807, 2.05) is 32.9 Å². The molecule has 0 aliphatic rings. The van der Waals surface area contributed by atoms with Gasteiger partial charge in [0, 0.05) is 12.4 Å². The number of furan rings is 1. The summed E-state index contributed by atoms with van der Waals surface area (Å²) in [6, 6.07) is 6.06. The summed E-state index contributed by atoms with van der Waals surface area (Å²) in [4.78, 5) is 28.5. The largest absolute Gasteiger partial charge is 0.459 e. The van der Waals surface area contributed by atoms with Crippen molar-refractivity contribution in [3.05, 3.63) is 54.2 Å². The number of carbonyl (C=O) groups excluding carboxylic acids is 2. The Bertz CT molecular complexity index is 638. The third kappa shape index (κ3) is 4.42. The van der Waals surface area contributed by atoms with E-state index in [0.717, 1.165) is 5.56 Å². The standard InChI is InChI=1S/C17H21N3O3/c1-11(2)15(20-16(21)14-5-4-10-23-14)17(22)19-12(3)13-6-8-18-9-7-13/h4-12,15H,1-3H3,(H,19,22)(H,20,21). The maximum absolute atomic E-state index is 12.5. The predicted molar refractivity (Wildman–Crippen MR) is 85.6 cm³/mol. The molecule has 0 aliphatic heterocycles. The van der Waals surface area contributed by atoms with Crippen molar-refractivity contribution < 1.29 is 14.0 Å². The van der Waals surface area contributed by atoms with Crippen LogP contribution in [0, 0.1) is 5.92 Å². The number of hydrogen-bond donors (Lipinski definition) is 2. The van der Waals surface area contributed by atoms with Gasteiger partial charge < -0.3 is 15.1 Å². The highest BCUT2D eigenvalue weighted by Crippen LogP contribution is 2.12. The van der Waals surface area contributed by atoms with Crippen LogP contribution >= 0.6 is 0 Å². The maximum Gasteiger partial charge on any atom is 0.287 e. The lowest BCUT2D eigenvalue weighted by atomic mass is 10.0. The quantitative estimate of drug-likeness (QED) is 0.856. The normalized spacial score (nSPS) is 13.4. The zero-order valence-corrected chi connectivity index (χ0v) is 13.4. The summed E-state index contributed by atoms with van der Waals surface area (Å²) in [6.45, 7) is 5.65. The molecule has 2 unspecified atom stereocenters. The molecule has 0 radical (unpaired) electrons. The summed E-state index contributed by atoms with van der Waals surface area (Å²) in [5.74, 6) is -0.506. The van der Waals surface area contributed by atoms with Crippen LogP contribution in [0.25, 0.3) is 0 Å². The highest BCUT2D eigenvalue weighted by molar-refractivity contribution is 5.95. The minimum absolute atomic E-state index is 0.0569. The van der Waals surface area contributed by atoms with E-state index >= 15 is 0 Å². The van der Waals surface area contributed by atoms with Gasteiger partial charge in [-0.05, 0) is 42.7 Å². The third-order valence-corrected chi connectivity index (χ3v) is 3.55. The number of pyridine rings is 1. The molecule has 0 fully saturated rings. The van der Waals surface area contributed by atoms with Crippen LogP contribution in [-0.4, -0.2) is 22.8 Å². The van der Waals surface area contributed by atoms with Crippen LogP contribution in [0.1, 0.15) is 42.9 Å². The highest BCUT2D eigenvalue weighted by atomic mass is 16.3. The van der Waals surface area contributed by atoms with Gasteiger partial charge in [0.2, 0.25) is 5.91 Å². The SMILES string of the molecule is CC(NC(=O)C(NC(=O)c1ccco1)C(C)C)c1ccncc1. The first-order valence-corrected chi connectivity index (χ1v) is 7.53. The molecule has 2 aromatic rings. The molecule has 2 atom stereocenters. The fraction of sp³-hybridized carbons (Fsp3) is 0.353. The molecule has 2 amide bonds. The van der Waals surface area contributed by atoms with Gasteiger partial charge in [0.15, 0.2) is 5.76 Å². The Morgan fingerprint density at radius 1 is 1.09 bits per heavy atom. The molecule has 2 heterocycles. The van der Waals surface area contributed by atoms with E-state index in [1.165, 1.54) is 6.26 Å². The Balaban J connectivity index is 2.02. The van der Waals surface area contributed by atoms with Crippen LogP contribution in [0.15, 0.2) is 47.3 Å². The molecule has 0 saturated heterocycles. The molecule has 2 rings (SSSR count). The second-order valence-corrected chi connectivity index (χ2v) is 5.68. The molecule has 0 bridgehead atoms. The van der Waals surface area contributed by atoms with Gasteiger partial charge in [-0.1, -0.05) is 13.8 Å². The van der Waals surface area contributed by atoms with Crippen molar-refractivity contribution in [2.24, 2.45) is 5.92 Å². The molecular weight excluding hydrogens is 294 g/mol. The molecule has 6 heteroatoms. The van der Waals surface area contributed by atoms with E-state index in [1.54, 1.807) is 24.5 Å². The summed E-state index contributed by atoms with van der Waals surface area (Å²) in [6.07, 6.45) is 4.78. The highest BCUT2D eigenvalue weighted by Gasteiger charge is 2.26. The van der Waals surface area contributed by atoms with Crippen molar-refractivity contribution in [1.29, 1.82) is 0 Å². The van der Waals surface area contributed by atoms with Crippen molar-refractivity contribution in [2.45, 2.75) is 32.9 Å². The lowest BCUT2D eigenvalue weighted by Crippen LogP contribution is -2.50. The fourth-order valence-corrected chi connectivity index (χ4v) is 2.19. The first kappa shape index (κ1) is 16.7. The van der Waals surface area contributed by atoms with Gasteiger partial charge in [-0.25, -0.2) is 0 Å². The van der Waals surface area contributed by atoms with E-state index in [4.69, 9.17) is 4.42 Å². The molecule has 0 aromatic carbocycles. The lowest BCUT2D eigenvalue weighted by molar-refractivity contribution is -0.124. The molecule has 0 aliphatic carbocycles. The number of rotatable bonds is 6. The Morgan fingerprint density at radius 3 is 2.35 bits per heavy atom. The number of nitrogens with zero attached hydrogens (tertiary/aromatic N) is 1. The van der Waals surface area contributed by atoms with Crippen molar-refractivity contribution in [3.8, 4) is 0 Å². The van der Waals surface area contributed by atoms with Gasteiger partial charge in [0.1, 0.15) is 6.04 Å². The predicted octanol–water partition coefficient (Wildman–Crippen LogP) is 2.31. The van der Waals surface area contributed by atoms with Crippen molar-refractivity contribution >= 4 is 11.8 Å². The molecule has 2 aromatic heterocycles. The Kier molecular flexibility index (Phi) is 5.51. The number of nitrogens with one attached hydrogen (secondary N) is 2. The number of hydrogen-bond acceptors (Lipinski definition) is 4. The minimum Gasteiger partial charge on any atom is -0.459 e. The van der Waals surface area contributed by atoms with Crippen LogP contribution in [0.5, 0.6) is 0 Å². The van der Waals surface area contributed by atoms with Gasteiger partial charge in [0.25, 0.3) is 5.91 Å². The number of carbonyl (C=O) groups is 2. The van der Waals surface area contributed by atoms with Crippen LogP contribution in [-0.2, 0) is 4.79 Å². The Labute approximate surface area is 135 Å². The van der Waals surface area contributed by atoms with Crippen molar-refractivity contribution in [1.82, 2.24) is 15.6 Å². The summed E-state index contributed by atoms with van der Waals surface area (Å²) in [5, 5.41) is 5.63. The molecule has 2 N–H and O–H groups in total. The third-order valence-electron chi connectivity index (χ3n) is 3.55. The fourth-order valence-electron chi connectivity index (χ4n) is 2.19. The van der Waals surface area contributed by atoms with Crippen molar-refractivity contribution in [3.63, 3.8) is 0 Å². The van der Waals surface area contributed by atoms with E-state index in [0.29, 0.717) is 0 Å². The number of aromatic nitrogens is 1. The summed E-state index contributed by atoms with van der Waals surface area (Å²) in [5.41, 5.74) is 0.952. The van der Waals surface area contributed by atoms with Crippen molar-refractivity contribution in [2.75, 3.05) is 0 Å². The summed E-state index contributed by atoms with van der Waals surface area (Å²) in [7, 11) is 0. The summed E-state index contributed by atoms with van der Waals surface area (Å²) >= 11 is 0. The Hall–Kier alpha value is -2.63. The minimum atomic E-state index is -0.642. The zero-order valence-electron chi connectivity index (χ0n) is 13.4. The van der Waals surface area contributed by atoms with E-state index in [9.17, 15) is 9.59 Å². The van der Waals surface area contributed by atoms with Gasteiger partial charge in [-0.2, -0.15) is 0 Å². The second kappa shape index (κ2) is 7.58. The van der Waals surface area contributed by atoms with Crippen LogP contribution in [0.2, 0.25) is 0 Å². The second-order valence-electron chi connectivity index (χ2n) is 5.68. The van der Waals surface area contributed by atoms with Gasteiger partial charge >= 0.3 is 0 Å². The van der Waals surface area contributed by atoms with E-state index in [2.05, 4.69) is 15.6 Å². The van der Waals surface area contributed by atoms with Gasteiger partial charge in [0.05, 0.1) is 12.3 Å². The monoisotopic (exact) mass is 315 g/mol. The van der Waals surface area contributed by atoms with Crippen LogP contribution < -0.4 is 10.6 Å². The molecule has 122 valence electrons. The molecule has 0 spiro atoms.